The minimum absolute atomic E-state index is 0.196. The largest absolute Gasteiger partial charge is 0.431 e. The van der Waals surface area contributed by atoms with Crippen LogP contribution in [0.15, 0.2) is 18.2 Å². The fraction of sp³-hybridized carbons (Fsp3) is 0.385. The van der Waals surface area contributed by atoms with Gasteiger partial charge in [0.05, 0.1) is 0 Å². The van der Waals surface area contributed by atoms with Crippen molar-refractivity contribution in [3.05, 3.63) is 35.0 Å². The monoisotopic (exact) mass is 256 g/mol. The Morgan fingerprint density at radius 1 is 1.28 bits per heavy atom. The van der Waals surface area contributed by atoms with E-state index in [1.54, 1.807) is 19.2 Å². The number of benzene rings is 1. The lowest BCUT2D eigenvalue weighted by Crippen LogP contribution is -2.13. The van der Waals surface area contributed by atoms with Crippen molar-refractivity contribution in [3.63, 3.8) is 0 Å². The second-order valence-electron chi connectivity index (χ2n) is 4.20. The molecule has 0 atom stereocenters. The van der Waals surface area contributed by atoms with E-state index in [0.29, 0.717) is 17.3 Å². The predicted octanol–water partition coefficient (Wildman–Crippen LogP) is 3.47. The number of alkyl halides is 3. The highest BCUT2D eigenvalue weighted by Crippen LogP contribution is 2.36. The van der Waals surface area contributed by atoms with Crippen molar-refractivity contribution >= 4 is 10.9 Å². The molecule has 1 aromatic heterocycles. The second-order valence-corrected chi connectivity index (χ2v) is 4.20. The number of para-hydroxylation sites is 1. The van der Waals surface area contributed by atoms with E-state index in [0.717, 1.165) is 5.56 Å². The molecule has 0 radical (unpaired) electrons. The first-order chi connectivity index (χ1) is 8.49. The van der Waals surface area contributed by atoms with Gasteiger partial charge in [0.1, 0.15) is 5.69 Å². The van der Waals surface area contributed by atoms with Crippen LogP contribution >= 0.6 is 0 Å². The third-order valence-corrected chi connectivity index (χ3v) is 3.05. The number of hydrogen-bond donors (Lipinski definition) is 2. The molecule has 2 rings (SSSR count). The normalized spacial score (nSPS) is 12.3. The number of H-pyrrole nitrogens is 1. The topological polar surface area (TPSA) is 27.8 Å². The van der Waals surface area contributed by atoms with E-state index in [1.807, 2.05) is 13.0 Å². The van der Waals surface area contributed by atoms with Crippen LogP contribution in [-0.2, 0) is 19.1 Å². The average Bonchev–Trinajstić information content (AvgIpc) is 2.68. The van der Waals surface area contributed by atoms with Gasteiger partial charge in [-0.2, -0.15) is 13.2 Å². The number of fused-ring (bicyclic) bond motifs is 1. The van der Waals surface area contributed by atoms with Crippen molar-refractivity contribution in [1.82, 2.24) is 10.3 Å². The summed E-state index contributed by atoms with van der Waals surface area (Å²) < 4.78 is 39.0. The summed E-state index contributed by atoms with van der Waals surface area (Å²) in [5.74, 6) is 0. The van der Waals surface area contributed by atoms with Crippen molar-refractivity contribution in [3.8, 4) is 0 Å². The molecular weight excluding hydrogens is 241 g/mol. The van der Waals surface area contributed by atoms with Gasteiger partial charge in [-0.05, 0) is 19.0 Å². The number of aromatic nitrogens is 1. The molecule has 5 heteroatoms. The molecule has 0 unspecified atom stereocenters. The van der Waals surface area contributed by atoms with E-state index in [9.17, 15) is 13.2 Å². The summed E-state index contributed by atoms with van der Waals surface area (Å²) in [6.07, 6.45) is -3.65. The molecule has 0 bridgehead atoms. The molecule has 98 valence electrons. The van der Waals surface area contributed by atoms with Gasteiger partial charge < -0.3 is 10.3 Å². The Kier molecular flexibility index (Phi) is 3.34. The van der Waals surface area contributed by atoms with Gasteiger partial charge in [-0.25, -0.2) is 0 Å². The Labute approximate surface area is 103 Å². The molecule has 2 nitrogen and oxygen atoms in total. The lowest BCUT2D eigenvalue weighted by atomic mass is 10.1. The highest BCUT2D eigenvalue weighted by molar-refractivity contribution is 5.87. The highest BCUT2D eigenvalue weighted by atomic mass is 19.4. The van der Waals surface area contributed by atoms with Crippen LogP contribution in [0.1, 0.15) is 23.7 Å². The summed E-state index contributed by atoms with van der Waals surface area (Å²) in [4.78, 5) is 2.54. The van der Waals surface area contributed by atoms with Gasteiger partial charge in [-0.15, -0.1) is 0 Å². The zero-order valence-electron chi connectivity index (χ0n) is 10.3. The van der Waals surface area contributed by atoms with E-state index in [4.69, 9.17) is 0 Å². The maximum Gasteiger partial charge on any atom is 0.431 e. The lowest BCUT2D eigenvalue weighted by molar-refractivity contribution is -0.141. The van der Waals surface area contributed by atoms with Crippen LogP contribution in [0.3, 0.4) is 0 Å². The van der Waals surface area contributed by atoms with E-state index in [-0.39, 0.29) is 12.1 Å². The third kappa shape index (κ3) is 2.10. The van der Waals surface area contributed by atoms with Gasteiger partial charge in [0.15, 0.2) is 0 Å². The van der Waals surface area contributed by atoms with Crippen LogP contribution in [0, 0.1) is 0 Å². The number of nitrogens with one attached hydrogen (secondary N) is 2. The number of aryl methyl sites for hydroxylation is 1. The fourth-order valence-electron chi connectivity index (χ4n) is 2.23. The molecule has 1 heterocycles. The molecule has 0 aliphatic carbocycles. The van der Waals surface area contributed by atoms with Gasteiger partial charge in [0, 0.05) is 23.0 Å². The van der Waals surface area contributed by atoms with Gasteiger partial charge in [-0.3, -0.25) is 0 Å². The number of rotatable bonds is 3. The van der Waals surface area contributed by atoms with Crippen LogP contribution in [-0.4, -0.2) is 12.0 Å². The molecule has 0 amide bonds. The molecule has 0 saturated heterocycles. The molecule has 18 heavy (non-hydrogen) atoms. The first kappa shape index (κ1) is 13.0. The predicted molar refractivity (Wildman–Crippen MR) is 65.4 cm³/mol. The Hall–Kier alpha value is -1.49. The second kappa shape index (κ2) is 4.65. The molecule has 2 N–H and O–H groups in total. The van der Waals surface area contributed by atoms with Crippen LogP contribution in [0.5, 0.6) is 0 Å². The maximum absolute atomic E-state index is 13.0. The standard InChI is InChI=1S/C13H15F3N2/c1-3-8-5-4-6-9-10(7-17-2)12(13(14,15)16)18-11(8)9/h4-6,17-18H,3,7H2,1-2H3. The zero-order chi connectivity index (χ0) is 13.3. The van der Waals surface area contributed by atoms with Gasteiger partial charge in [0.2, 0.25) is 0 Å². The molecule has 0 spiro atoms. The summed E-state index contributed by atoms with van der Waals surface area (Å²) in [7, 11) is 1.64. The molecular formula is C13H15F3N2. The fourth-order valence-corrected chi connectivity index (χ4v) is 2.23. The van der Waals surface area contributed by atoms with Crippen LogP contribution in [0.2, 0.25) is 0 Å². The van der Waals surface area contributed by atoms with Crippen molar-refractivity contribution < 1.29 is 13.2 Å². The Morgan fingerprint density at radius 3 is 2.56 bits per heavy atom. The molecule has 0 aliphatic heterocycles. The van der Waals surface area contributed by atoms with Crippen molar-refractivity contribution in [2.75, 3.05) is 7.05 Å². The number of aromatic amines is 1. The SMILES string of the molecule is CCc1cccc2c(CNC)c(C(F)(F)F)[nH]c12. The third-order valence-electron chi connectivity index (χ3n) is 3.05. The van der Waals surface area contributed by atoms with E-state index in [2.05, 4.69) is 10.3 Å². The Morgan fingerprint density at radius 2 is 2.00 bits per heavy atom. The van der Waals surface area contributed by atoms with Gasteiger partial charge in [0.25, 0.3) is 0 Å². The minimum atomic E-state index is -4.35. The van der Waals surface area contributed by atoms with Gasteiger partial charge >= 0.3 is 6.18 Å². The van der Waals surface area contributed by atoms with E-state index in [1.165, 1.54) is 0 Å². The van der Waals surface area contributed by atoms with Crippen molar-refractivity contribution in [2.24, 2.45) is 0 Å². The first-order valence-corrected chi connectivity index (χ1v) is 5.83. The van der Waals surface area contributed by atoms with Crippen molar-refractivity contribution in [1.29, 1.82) is 0 Å². The van der Waals surface area contributed by atoms with Crippen LogP contribution in [0.25, 0.3) is 10.9 Å². The van der Waals surface area contributed by atoms with E-state index >= 15 is 0 Å². The van der Waals surface area contributed by atoms with Crippen LogP contribution < -0.4 is 5.32 Å². The van der Waals surface area contributed by atoms with Gasteiger partial charge in [-0.1, -0.05) is 25.1 Å². The summed E-state index contributed by atoms with van der Waals surface area (Å²) in [6.45, 7) is 2.13. The Bertz CT molecular complexity index is 555. The minimum Gasteiger partial charge on any atom is -0.351 e. The smallest absolute Gasteiger partial charge is 0.351 e. The lowest BCUT2D eigenvalue weighted by Gasteiger charge is -2.07. The average molecular weight is 256 g/mol. The van der Waals surface area contributed by atoms with Crippen LogP contribution in [0.4, 0.5) is 13.2 Å². The Balaban J connectivity index is 2.74. The summed E-state index contributed by atoms with van der Waals surface area (Å²) >= 11 is 0. The summed E-state index contributed by atoms with van der Waals surface area (Å²) in [5.41, 5.74) is 1.14. The van der Waals surface area contributed by atoms with E-state index < -0.39 is 11.9 Å². The maximum atomic E-state index is 13.0. The molecule has 1 aromatic carbocycles. The quantitative estimate of drug-likeness (QED) is 0.864. The molecule has 0 saturated carbocycles. The first-order valence-electron chi connectivity index (χ1n) is 5.83. The molecule has 2 aromatic rings. The number of hydrogen-bond acceptors (Lipinski definition) is 1. The number of halogens is 3. The summed E-state index contributed by atoms with van der Waals surface area (Å²) in [5, 5.41) is 3.44. The summed E-state index contributed by atoms with van der Waals surface area (Å²) in [6, 6.07) is 5.38. The zero-order valence-corrected chi connectivity index (χ0v) is 10.3. The highest BCUT2D eigenvalue weighted by Gasteiger charge is 2.36. The van der Waals surface area contributed by atoms with Crippen molar-refractivity contribution in [2.45, 2.75) is 26.1 Å². The molecule has 0 fully saturated rings. The molecule has 0 aliphatic rings.